The third-order valence-corrected chi connectivity index (χ3v) is 4.65. The fraction of sp³-hybridized carbons (Fsp3) is 0.286. The van der Waals surface area contributed by atoms with Crippen molar-refractivity contribution in [1.82, 2.24) is 15.1 Å². The van der Waals surface area contributed by atoms with Gasteiger partial charge in [-0.3, -0.25) is 14.5 Å². The van der Waals surface area contributed by atoms with Crippen LogP contribution >= 0.6 is 0 Å². The van der Waals surface area contributed by atoms with Crippen LogP contribution in [0.15, 0.2) is 54.6 Å². The van der Waals surface area contributed by atoms with E-state index in [9.17, 15) is 14.4 Å². The second kappa shape index (κ2) is 8.03. The smallest absolute Gasteiger partial charge is 0.325 e. The number of rotatable bonds is 6. The SMILES string of the molecule is Cc1ccc(CN(C)C(=O)CN2C(=O)N[C@H](Cc3ccccc3)C2=O)cc1. The van der Waals surface area contributed by atoms with Gasteiger partial charge in [-0.05, 0) is 18.1 Å². The van der Waals surface area contributed by atoms with Gasteiger partial charge in [-0.2, -0.15) is 0 Å². The molecule has 2 aromatic carbocycles. The van der Waals surface area contributed by atoms with E-state index in [1.807, 2.05) is 61.5 Å². The monoisotopic (exact) mass is 365 g/mol. The molecule has 0 radical (unpaired) electrons. The summed E-state index contributed by atoms with van der Waals surface area (Å²) in [4.78, 5) is 39.7. The molecule has 4 amide bonds. The van der Waals surface area contributed by atoms with Crippen molar-refractivity contribution in [3.05, 3.63) is 71.3 Å². The van der Waals surface area contributed by atoms with Gasteiger partial charge in [-0.25, -0.2) is 4.79 Å². The van der Waals surface area contributed by atoms with E-state index in [2.05, 4.69) is 5.32 Å². The van der Waals surface area contributed by atoms with Gasteiger partial charge in [0, 0.05) is 20.0 Å². The fourth-order valence-electron chi connectivity index (χ4n) is 3.03. The van der Waals surface area contributed by atoms with Crippen LogP contribution in [0.25, 0.3) is 0 Å². The van der Waals surface area contributed by atoms with Gasteiger partial charge in [0.1, 0.15) is 12.6 Å². The molecule has 1 aliphatic rings. The topological polar surface area (TPSA) is 69.7 Å². The molecule has 1 saturated heterocycles. The average Bonchev–Trinajstić information content (AvgIpc) is 2.91. The Morgan fingerprint density at radius 1 is 1.04 bits per heavy atom. The van der Waals surface area contributed by atoms with Crippen LogP contribution in [0.3, 0.4) is 0 Å². The Balaban J connectivity index is 1.59. The standard InChI is InChI=1S/C21H23N3O3/c1-15-8-10-17(11-9-15)13-23(2)19(25)14-24-20(26)18(22-21(24)27)12-16-6-4-3-5-7-16/h3-11,18H,12-14H2,1-2H3,(H,22,27)/t18-/m1/s1. The van der Waals surface area contributed by atoms with Crippen molar-refractivity contribution in [2.75, 3.05) is 13.6 Å². The highest BCUT2D eigenvalue weighted by Crippen LogP contribution is 2.13. The molecule has 140 valence electrons. The minimum Gasteiger partial charge on any atom is -0.340 e. The van der Waals surface area contributed by atoms with Crippen molar-refractivity contribution in [3.63, 3.8) is 0 Å². The van der Waals surface area contributed by atoms with Crippen LogP contribution in [0.4, 0.5) is 4.79 Å². The molecular weight excluding hydrogens is 342 g/mol. The molecule has 6 nitrogen and oxygen atoms in total. The molecule has 0 aliphatic carbocycles. The van der Waals surface area contributed by atoms with Gasteiger partial charge in [0.25, 0.3) is 5.91 Å². The number of nitrogens with one attached hydrogen (secondary N) is 1. The summed E-state index contributed by atoms with van der Waals surface area (Å²) >= 11 is 0. The Morgan fingerprint density at radius 3 is 2.37 bits per heavy atom. The van der Waals surface area contributed by atoms with Crippen LogP contribution in [0, 0.1) is 6.92 Å². The molecule has 0 unspecified atom stereocenters. The number of benzene rings is 2. The molecule has 1 aliphatic heterocycles. The van der Waals surface area contributed by atoms with Crippen molar-refractivity contribution in [3.8, 4) is 0 Å². The van der Waals surface area contributed by atoms with Gasteiger partial charge >= 0.3 is 6.03 Å². The molecule has 1 fully saturated rings. The number of carbonyl (C=O) groups is 3. The molecule has 0 bridgehead atoms. The normalized spacial score (nSPS) is 16.4. The molecule has 3 rings (SSSR count). The minimum atomic E-state index is -0.630. The number of urea groups is 1. The highest BCUT2D eigenvalue weighted by molar-refractivity contribution is 6.06. The molecule has 6 heteroatoms. The summed E-state index contributed by atoms with van der Waals surface area (Å²) in [5.74, 6) is -0.639. The lowest BCUT2D eigenvalue weighted by Gasteiger charge is -2.20. The number of carbonyl (C=O) groups excluding carboxylic acids is 3. The summed E-state index contributed by atoms with van der Waals surface area (Å²) in [6.07, 6.45) is 0.412. The number of amides is 4. The van der Waals surface area contributed by atoms with Gasteiger partial charge in [-0.15, -0.1) is 0 Å². The van der Waals surface area contributed by atoms with Crippen LogP contribution in [-0.2, 0) is 22.6 Å². The minimum absolute atomic E-state index is 0.252. The molecular formula is C21H23N3O3. The van der Waals surface area contributed by atoms with Crippen LogP contribution < -0.4 is 5.32 Å². The maximum atomic E-state index is 12.5. The van der Waals surface area contributed by atoms with E-state index in [0.717, 1.165) is 21.6 Å². The Labute approximate surface area is 158 Å². The Bertz CT molecular complexity index is 834. The van der Waals surface area contributed by atoms with Crippen molar-refractivity contribution in [2.24, 2.45) is 0 Å². The summed E-state index contributed by atoms with van der Waals surface area (Å²) in [6, 6.07) is 16.2. The molecule has 27 heavy (non-hydrogen) atoms. The third kappa shape index (κ3) is 4.53. The number of imide groups is 1. The van der Waals surface area contributed by atoms with E-state index in [-0.39, 0.29) is 18.4 Å². The first-order valence-corrected chi connectivity index (χ1v) is 8.89. The third-order valence-electron chi connectivity index (χ3n) is 4.65. The number of aryl methyl sites for hydroxylation is 1. The quantitative estimate of drug-likeness (QED) is 0.797. The van der Waals surface area contributed by atoms with Crippen molar-refractivity contribution in [2.45, 2.75) is 25.9 Å². The predicted octanol–water partition coefficient (Wildman–Crippen LogP) is 2.12. The first-order valence-electron chi connectivity index (χ1n) is 8.89. The van der Waals surface area contributed by atoms with Gasteiger partial charge in [0.15, 0.2) is 0 Å². The average molecular weight is 365 g/mol. The lowest BCUT2D eigenvalue weighted by Crippen LogP contribution is -2.41. The lowest BCUT2D eigenvalue weighted by atomic mass is 10.1. The fourth-order valence-corrected chi connectivity index (χ4v) is 3.03. The highest BCUT2D eigenvalue weighted by atomic mass is 16.2. The van der Waals surface area contributed by atoms with Gasteiger partial charge in [-0.1, -0.05) is 60.2 Å². The summed E-state index contributed by atoms with van der Waals surface area (Å²) in [6.45, 7) is 2.18. The van der Waals surface area contributed by atoms with E-state index in [4.69, 9.17) is 0 Å². The summed E-state index contributed by atoms with van der Waals surface area (Å²) in [7, 11) is 1.67. The molecule has 0 spiro atoms. The Hall–Kier alpha value is -3.15. The maximum Gasteiger partial charge on any atom is 0.325 e. The summed E-state index contributed by atoms with van der Waals surface area (Å²) in [5.41, 5.74) is 3.10. The predicted molar refractivity (Wildman–Crippen MR) is 102 cm³/mol. The van der Waals surface area contributed by atoms with Crippen LogP contribution in [0.1, 0.15) is 16.7 Å². The van der Waals surface area contributed by atoms with Crippen molar-refractivity contribution >= 4 is 17.8 Å². The molecule has 1 N–H and O–H groups in total. The van der Waals surface area contributed by atoms with Gasteiger partial charge in [0.2, 0.25) is 5.91 Å². The summed E-state index contributed by atoms with van der Waals surface area (Å²) < 4.78 is 0. The second-order valence-corrected chi connectivity index (χ2v) is 6.85. The zero-order chi connectivity index (χ0) is 19.4. The zero-order valence-electron chi connectivity index (χ0n) is 15.5. The Kier molecular flexibility index (Phi) is 5.54. The van der Waals surface area contributed by atoms with E-state index in [0.29, 0.717) is 13.0 Å². The van der Waals surface area contributed by atoms with Crippen molar-refractivity contribution < 1.29 is 14.4 Å². The second-order valence-electron chi connectivity index (χ2n) is 6.85. The van der Waals surface area contributed by atoms with Crippen LogP contribution in [-0.4, -0.2) is 47.3 Å². The van der Waals surface area contributed by atoms with E-state index < -0.39 is 12.1 Å². The van der Waals surface area contributed by atoms with E-state index >= 15 is 0 Å². The van der Waals surface area contributed by atoms with Gasteiger partial charge < -0.3 is 10.2 Å². The molecule has 0 aromatic heterocycles. The number of hydrogen-bond acceptors (Lipinski definition) is 3. The van der Waals surface area contributed by atoms with Crippen LogP contribution in [0.5, 0.6) is 0 Å². The molecule has 1 atom stereocenters. The summed E-state index contributed by atoms with van der Waals surface area (Å²) in [5, 5.41) is 2.67. The lowest BCUT2D eigenvalue weighted by molar-refractivity contribution is -0.136. The first kappa shape index (κ1) is 18.6. The van der Waals surface area contributed by atoms with Crippen molar-refractivity contribution in [1.29, 1.82) is 0 Å². The van der Waals surface area contributed by atoms with Gasteiger partial charge in [0.05, 0.1) is 0 Å². The van der Waals surface area contributed by atoms with Crippen LogP contribution in [0.2, 0.25) is 0 Å². The molecule has 2 aromatic rings. The zero-order valence-corrected chi connectivity index (χ0v) is 15.5. The first-order chi connectivity index (χ1) is 12.9. The number of hydrogen-bond donors (Lipinski definition) is 1. The Morgan fingerprint density at radius 2 is 1.70 bits per heavy atom. The van der Waals surface area contributed by atoms with E-state index in [1.54, 1.807) is 7.05 Å². The largest absolute Gasteiger partial charge is 0.340 e. The number of nitrogens with zero attached hydrogens (tertiary/aromatic N) is 2. The maximum absolute atomic E-state index is 12.5. The number of likely N-dealkylation sites (N-methyl/N-ethyl adjacent to an activating group) is 1. The molecule has 1 heterocycles. The highest BCUT2D eigenvalue weighted by Gasteiger charge is 2.39. The molecule has 0 saturated carbocycles. The van der Waals surface area contributed by atoms with E-state index in [1.165, 1.54) is 4.90 Å².